The van der Waals surface area contributed by atoms with E-state index in [1.54, 1.807) is 11.8 Å². The average Bonchev–Trinajstić information content (AvgIpc) is 3.26. The van der Waals surface area contributed by atoms with Crippen LogP contribution in [0.3, 0.4) is 0 Å². The fourth-order valence-electron chi connectivity index (χ4n) is 5.28. The molecule has 0 spiro atoms. The van der Waals surface area contributed by atoms with Crippen LogP contribution in [0.25, 0.3) is 0 Å². The molecule has 0 bridgehead atoms. The highest BCUT2D eigenvalue weighted by molar-refractivity contribution is 7.99. The number of rotatable bonds is 6. The molecule has 1 saturated heterocycles. The van der Waals surface area contributed by atoms with Gasteiger partial charge >= 0.3 is 0 Å². The third-order valence-corrected chi connectivity index (χ3v) is 8.04. The average molecular weight is 586 g/mol. The van der Waals surface area contributed by atoms with Crippen LogP contribution in [-0.4, -0.2) is 43.1 Å². The van der Waals surface area contributed by atoms with Crippen molar-refractivity contribution in [2.45, 2.75) is 42.1 Å². The van der Waals surface area contributed by atoms with Crippen molar-refractivity contribution in [3.8, 4) is 0 Å². The van der Waals surface area contributed by atoms with Crippen LogP contribution in [0.5, 0.6) is 0 Å². The normalized spacial score (nSPS) is 16.7. The summed E-state index contributed by atoms with van der Waals surface area (Å²) in [4.78, 5) is 18.0. The quantitative estimate of drug-likeness (QED) is 0.357. The van der Waals surface area contributed by atoms with Gasteiger partial charge in [-0.1, -0.05) is 54.2 Å². The Morgan fingerprint density at radius 1 is 0.971 bits per heavy atom. The van der Waals surface area contributed by atoms with E-state index in [0.29, 0.717) is 18.2 Å². The molecule has 0 aromatic heterocycles. The first-order chi connectivity index (χ1) is 16.0. The zero-order valence-corrected chi connectivity index (χ0v) is 22.8. The highest BCUT2D eigenvalue weighted by Gasteiger charge is 2.34. The number of para-hydroxylation sites is 1. The van der Waals surface area contributed by atoms with Gasteiger partial charge in [0.05, 0.1) is 44.1 Å². The molecule has 1 unspecified atom stereocenters. The smallest absolute Gasteiger partial charge is 0.251 e. The third-order valence-electron chi connectivity index (χ3n) is 6.91. The van der Waals surface area contributed by atoms with Crippen LogP contribution in [0.1, 0.15) is 35.7 Å². The van der Waals surface area contributed by atoms with E-state index in [2.05, 4.69) is 60.6 Å². The van der Waals surface area contributed by atoms with Crippen molar-refractivity contribution in [2.24, 2.45) is 0 Å². The Labute approximate surface area is 224 Å². The van der Waals surface area contributed by atoms with Crippen LogP contribution in [0, 0.1) is 0 Å². The number of likely N-dealkylation sites (N-methyl/N-ethyl adjacent to an activating group) is 1. The second-order valence-electron chi connectivity index (χ2n) is 9.60. The number of hydrogen-bond acceptors (Lipinski definition) is 3. The number of likely N-dealkylation sites (tertiary alicyclic amines) is 1. The van der Waals surface area contributed by atoms with Gasteiger partial charge in [0, 0.05) is 34.7 Å². The Kier molecular flexibility index (Phi) is 7.90. The number of nitrogens with one attached hydrogen (secondary N) is 1. The van der Waals surface area contributed by atoms with Gasteiger partial charge in [-0.2, -0.15) is 0 Å². The largest absolute Gasteiger partial charge is 1.00 e. The van der Waals surface area contributed by atoms with Crippen molar-refractivity contribution in [1.82, 2.24) is 5.32 Å². The molecule has 178 valence electrons. The number of nitrogens with zero attached hydrogens (tertiary/aromatic N) is 2. The number of anilines is 2. The summed E-state index contributed by atoms with van der Waals surface area (Å²) in [6.07, 6.45) is 2.63. The van der Waals surface area contributed by atoms with Gasteiger partial charge in [0.1, 0.15) is 0 Å². The van der Waals surface area contributed by atoms with E-state index in [9.17, 15) is 4.79 Å². The molecule has 2 aliphatic rings. The van der Waals surface area contributed by atoms with E-state index in [1.165, 1.54) is 41.4 Å². The predicted molar refractivity (Wildman–Crippen MR) is 136 cm³/mol. The van der Waals surface area contributed by atoms with Gasteiger partial charge in [0.2, 0.25) is 0 Å². The molecule has 4 nitrogen and oxygen atoms in total. The number of fused-ring (bicyclic) bond motifs is 2. The number of carbonyl (C=O) groups is 1. The summed E-state index contributed by atoms with van der Waals surface area (Å²) in [5.41, 5.74) is 4.20. The van der Waals surface area contributed by atoms with Crippen LogP contribution in [0.15, 0.2) is 82.6 Å². The van der Waals surface area contributed by atoms with Gasteiger partial charge in [-0.3, -0.25) is 4.79 Å². The SMILES string of the molecule is CC(C[N+]1(C)CCCC1)N1c2ccccc2Sc2ccc(C(=O)NCc3ccccc3)cc21.[I-]. The number of benzene rings is 3. The van der Waals surface area contributed by atoms with E-state index in [0.717, 1.165) is 22.3 Å². The first-order valence-electron chi connectivity index (χ1n) is 11.9. The molecule has 3 aromatic rings. The van der Waals surface area contributed by atoms with Crippen molar-refractivity contribution in [3.63, 3.8) is 0 Å². The summed E-state index contributed by atoms with van der Waals surface area (Å²) >= 11 is 1.80. The number of quaternary nitrogens is 1. The second-order valence-corrected chi connectivity index (χ2v) is 10.7. The van der Waals surface area contributed by atoms with Gasteiger partial charge in [-0.15, -0.1) is 0 Å². The lowest BCUT2D eigenvalue weighted by molar-refractivity contribution is -0.898. The number of halogens is 1. The fourth-order valence-corrected chi connectivity index (χ4v) is 6.33. The molecule has 1 N–H and O–H groups in total. The topological polar surface area (TPSA) is 32.3 Å². The molecular formula is C28H32IN3OS. The standard InChI is InChI=1S/C28H31N3OS.HI/c1-21(20-31(2)16-8-9-17-31)30-24-12-6-7-13-26(24)33-27-15-14-23(18-25(27)30)28(32)29-19-22-10-4-3-5-11-22;/h3-7,10-15,18,21H,8-9,16-17,19-20H2,1-2H3;1H. The van der Waals surface area contributed by atoms with E-state index >= 15 is 0 Å². The monoisotopic (exact) mass is 585 g/mol. The van der Waals surface area contributed by atoms with Crippen LogP contribution in [0.2, 0.25) is 0 Å². The lowest BCUT2D eigenvalue weighted by atomic mass is 10.1. The summed E-state index contributed by atoms with van der Waals surface area (Å²) in [5, 5.41) is 3.08. The minimum Gasteiger partial charge on any atom is -1.00 e. The second kappa shape index (κ2) is 10.7. The number of hydrogen-bond donors (Lipinski definition) is 1. The maximum absolute atomic E-state index is 13.0. The first kappa shape index (κ1) is 25.1. The Morgan fingerprint density at radius 3 is 2.41 bits per heavy atom. The number of carbonyl (C=O) groups excluding carboxylic acids is 1. The van der Waals surface area contributed by atoms with Gasteiger partial charge in [-0.05, 0) is 42.8 Å². The van der Waals surface area contributed by atoms with Gasteiger partial charge < -0.3 is 38.7 Å². The predicted octanol–water partition coefficient (Wildman–Crippen LogP) is 2.85. The summed E-state index contributed by atoms with van der Waals surface area (Å²) < 4.78 is 1.12. The lowest BCUT2D eigenvalue weighted by Crippen LogP contribution is -3.00. The van der Waals surface area contributed by atoms with Crippen molar-refractivity contribution < 1.29 is 33.3 Å². The molecule has 2 aliphatic heterocycles. The third kappa shape index (κ3) is 5.29. The maximum atomic E-state index is 13.0. The van der Waals surface area contributed by atoms with Gasteiger partial charge in [-0.25, -0.2) is 0 Å². The van der Waals surface area contributed by atoms with Crippen LogP contribution in [-0.2, 0) is 6.54 Å². The first-order valence-corrected chi connectivity index (χ1v) is 12.7. The molecule has 34 heavy (non-hydrogen) atoms. The Bertz CT molecular complexity index is 1150. The molecule has 6 heteroatoms. The molecule has 3 aromatic carbocycles. The highest BCUT2D eigenvalue weighted by atomic mass is 127. The summed E-state index contributed by atoms with van der Waals surface area (Å²) in [6, 6.07) is 25.2. The summed E-state index contributed by atoms with van der Waals surface area (Å²) in [6.45, 7) is 6.47. The van der Waals surface area contributed by atoms with E-state index in [-0.39, 0.29) is 29.9 Å². The van der Waals surface area contributed by atoms with Crippen molar-refractivity contribution in [2.75, 3.05) is 31.6 Å². The van der Waals surface area contributed by atoms with Gasteiger partial charge in [0.25, 0.3) is 5.91 Å². The van der Waals surface area contributed by atoms with Gasteiger partial charge in [0.15, 0.2) is 0 Å². The fraction of sp³-hybridized carbons (Fsp3) is 0.321. The minimum atomic E-state index is -0.0309. The molecule has 0 aliphatic carbocycles. The van der Waals surface area contributed by atoms with Crippen LogP contribution >= 0.6 is 11.8 Å². The Balaban J connectivity index is 0.00000274. The summed E-state index contributed by atoms with van der Waals surface area (Å²) in [5.74, 6) is -0.0309. The molecule has 5 rings (SSSR count). The Hall–Kier alpha value is -2.03. The zero-order chi connectivity index (χ0) is 22.8. The molecule has 0 saturated carbocycles. The molecule has 1 fully saturated rings. The molecule has 1 atom stereocenters. The van der Waals surface area contributed by atoms with Crippen molar-refractivity contribution >= 4 is 29.0 Å². The van der Waals surface area contributed by atoms with Crippen LogP contribution in [0.4, 0.5) is 11.4 Å². The summed E-state index contributed by atoms with van der Waals surface area (Å²) in [7, 11) is 2.39. The zero-order valence-electron chi connectivity index (χ0n) is 19.8. The molecular weight excluding hydrogens is 553 g/mol. The Morgan fingerprint density at radius 2 is 1.65 bits per heavy atom. The van der Waals surface area contributed by atoms with E-state index < -0.39 is 0 Å². The molecule has 1 amide bonds. The molecule has 2 heterocycles. The highest BCUT2D eigenvalue weighted by Crippen LogP contribution is 2.49. The number of amides is 1. The van der Waals surface area contributed by atoms with Crippen LogP contribution < -0.4 is 34.2 Å². The van der Waals surface area contributed by atoms with Crippen molar-refractivity contribution in [1.29, 1.82) is 0 Å². The van der Waals surface area contributed by atoms with E-state index in [4.69, 9.17) is 0 Å². The van der Waals surface area contributed by atoms with E-state index in [1.807, 2.05) is 36.4 Å². The lowest BCUT2D eigenvalue weighted by Gasteiger charge is -2.41. The maximum Gasteiger partial charge on any atom is 0.251 e. The molecule has 0 radical (unpaired) electrons. The minimum absolute atomic E-state index is 0. The van der Waals surface area contributed by atoms with Crippen molar-refractivity contribution in [3.05, 3.63) is 83.9 Å².